The molecule has 6 unspecified atom stereocenters. The maximum Gasteiger partial charge on any atom is 0.488 e. The summed E-state index contributed by atoms with van der Waals surface area (Å²) in [6.45, 7) is 1.69. The zero-order valence-electron chi connectivity index (χ0n) is 21.6. The first kappa shape index (κ1) is 28.4. The molecule has 2 aromatic carbocycles. The van der Waals surface area contributed by atoms with Crippen LogP contribution >= 0.6 is 39.1 Å². The number of fused-ring (bicyclic) bond motifs is 4. The van der Waals surface area contributed by atoms with Crippen LogP contribution < -0.4 is 10.4 Å². The summed E-state index contributed by atoms with van der Waals surface area (Å²) in [7, 11) is -1.80. The molecule has 6 atom stereocenters. The van der Waals surface area contributed by atoms with Crippen LogP contribution in [-0.4, -0.2) is 66.0 Å². The minimum atomic E-state index is -2.00. The van der Waals surface area contributed by atoms with E-state index in [1.807, 2.05) is 0 Å². The number of carbonyl (C=O) groups excluding carboxylic acids is 4. The van der Waals surface area contributed by atoms with Crippen molar-refractivity contribution >= 4 is 81.0 Å². The molecule has 2 aromatic rings. The van der Waals surface area contributed by atoms with E-state index in [-0.39, 0.29) is 35.2 Å². The minimum absolute atomic E-state index is 0.104. The van der Waals surface area contributed by atoms with Crippen LogP contribution in [0.15, 0.2) is 54.1 Å². The van der Waals surface area contributed by atoms with E-state index in [4.69, 9.17) is 23.2 Å². The number of para-hydroxylation sites is 1. The molecule has 0 aromatic heterocycles. The highest BCUT2D eigenvalue weighted by molar-refractivity contribution is 9.09. The number of allylic oxidation sites excluding steroid dienone is 2. The molecule has 2 heterocycles. The number of aromatic hydroxyl groups is 1. The molecule has 3 fully saturated rings. The van der Waals surface area contributed by atoms with Gasteiger partial charge in [-0.1, -0.05) is 57.9 Å². The van der Waals surface area contributed by atoms with Gasteiger partial charge in [0, 0.05) is 11.5 Å². The van der Waals surface area contributed by atoms with Crippen LogP contribution in [-0.2, 0) is 19.2 Å². The number of rotatable bonds is 4. The molecule has 2 saturated heterocycles. The van der Waals surface area contributed by atoms with Crippen LogP contribution in [0.3, 0.4) is 0 Å². The van der Waals surface area contributed by atoms with E-state index in [1.54, 1.807) is 31.2 Å². The summed E-state index contributed by atoms with van der Waals surface area (Å²) in [6.07, 6.45) is 1.77. The van der Waals surface area contributed by atoms with Gasteiger partial charge in [0.25, 0.3) is 11.8 Å². The van der Waals surface area contributed by atoms with E-state index in [2.05, 4.69) is 15.9 Å². The van der Waals surface area contributed by atoms with Crippen molar-refractivity contribution in [2.24, 2.45) is 17.8 Å². The van der Waals surface area contributed by atoms with Gasteiger partial charge in [0.05, 0.1) is 23.0 Å². The number of phenolic OH excluding ortho intramolecular Hbond substituents is 1. The summed E-state index contributed by atoms with van der Waals surface area (Å²) in [4.78, 5) is 53.2. The molecule has 212 valence electrons. The van der Waals surface area contributed by atoms with Crippen molar-refractivity contribution in [2.45, 2.75) is 35.4 Å². The molecule has 0 radical (unpaired) electrons. The SMILES string of the molecule is Cc1cccc(C2C3=CCC4C(=O)N(c5cccc(B(O)O)c5)C(=O)C4C3CC3(Cl)C(=O)N(CBr)C(=O)C23Cl)c1O. The third-order valence-electron chi connectivity index (χ3n) is 9.02. The number of hydrogen-bond acceptors (Lipinski definition) is 7. The Morgan fingerprint density at radius 2 is 1.73 bits per heavy atom. The van der Waals surface area contributed by atoms with Crippen LogP contribution in [0, 0.1) is 24.7 Å². The monoisotopic (exact) mass is 660 g/mol. The number of nitrogens with zero attached hydrogens (tertiary/aromatic N) is 2. The molecule has 0 bridgehead atoms. The first-order valence-corrected chi connectivity index (χ1v) is 14.9. The molecule has 6 rings (SSSR count). The van der Waals surface area contributed by atoms with Crippen LogP contribution in [0.5, 0.6) is 5.75 Å². The number of alkyl halides is 3. The van der Waals surface area contributed by atoms with Crippen molar-refractivity contribution in [3.63, 3.8) is 0 Å². The lowest BCUT2D eigenvalue weighted by atomic mass is 9.56. The quantitative estimate of drug-likeness (QED) is 0.151. The normalized spacial score (nSPS) is 32.6. The van der Waals surface area contributed by atoms with Crippen molar-refractivity contribution in [1.29, 1.82) is 0 Å². The number of anilines is 1. The fourth-order valence-corrected chi connectivity index (χ4v) is 8.51. The second-order valence-electron chi connectivity index (χ2n) is 11.0. The number of phenols is 1. The first-order valence-electron chi connectivity index (χ1n) is 13.0. The lowest BCUT2D eigenvalue weighted by Gasteiger charge is -2.50. The smallest absolute Gasteiger partial charge is 0.488 e. The van der Waals surface area contributed by atoms with E-state index in [9.17, 15) is 34.3 Å². The molecular weight excluding hydrogens is 638 g/mol. The number of hydrogen-bond donors (Lipinski definition) is 3. The highest BCUT2D eigenvalue weighted by atomic mass is 79.9. The molecule has 4 amide bonds. The largest absolute Gasteiger partial charge is 0.507 e. The van der Waals surface area contributed by atoms with Crippen LogP contribution in [0.2, 0.25) is 0 Å². The Morgan fingerprint density at radius 3 is 2.41 bits per heavy atom. The van der Waals surface area contributed by atoms with E-state index < -0.39 is 64.2 Å². The second-order valence-corrected chi connectivity index (χ2v) is 12.7. The number of carbonyl (C=O) groups is 4. The molecule has 1 saturated carbocycles. The van der Waals surface area contributed by atoms with Crippen LogP contribution in [0.4, 0.5) is 5.69 Å². The third kappa shape index (κ3) is 3.69. The Hall–Kier alpha value is -2.70. The Kier molecular flexibility index (Phi) is 6.70. The molecule has 41 heavy (non-hydrogen) atoms. The number of halogens is 3. The Morgan fingerprint density at radius 1 is 1.02 bits per heavy atom. The summed E-state index contributed by atoms with van der Waals surface area (Å²) in [6, 6.07) is 10.9. The fourth-order valence-electron chi connectivity index (χ4n) is 7.09. The lowest BCUT2D eigenvalue weighted by Crippen LogP contribution is -2.60. The van der Waals surface area contributed by atoms with Crippen LogP contribution in [0.25, 0.3) is 0 Å². The van der Waals surface area contributed by atoms with Gasteiger partial charge in [-0.05, 0) is 48.8 Å². The van der Waals surface area contributed by atoms with Crippen molar-refractivity contribution < 1.29 is 34.3 Å². The highest BCUT2D eigenvalue weighted by Crippen LogP contribution is 2.66. The first-order chi connectivity index (χ1) is 19.4. The van der Waals surface area contributed by atoms with Gasteiger partial charge < -0.3 is 15.2 Å². The Bertz CT molecular complexity index is 1570. The average Bonchev–Trinajstić information content (AvgIpc) is 3.28. The maximum atomic E-state index is 14.1. The Balaban J connectivity index is 1.52. The molecule has 9 nitrogen and oxygen atoms in total. The van der Waals surface area contributed by atoms with Crippen molar-refractivity contribution in [1.82, 2.24) is 4.90 Å². The summed E-state index contributed by atoms with van der Waals surface area (Å²) >= 11 is 17.6. The highest BCUT2D eigenvalue weighted by Gasteiger charge is 2.76. The van der Waals surface area contributed by atoms with Gasteiger partial charge in [0.2, 0.25) is 11.8 Å². The number of benzene rings is 2. The predicted octanol–water partition coefficient (Wildman–Crippen LogP) is 2.30. The minimum Gasteiger partial charge on any atom is -0.507 e. The third-order valence-corrected chi connectivity index (χ3v) is 10.9. The zero-order valence-corrected chi connectivity index (χ0v) is 24.7. The van der Waals surface area contributed by atoms with Gasteiger partial charge in [-0.2, -0.15) is 0 Å². The van der Waals surface area contributed by atoms with Gasteiger partial charge in [-0.3, -0.25) is 29.0 Å². The standard InChI is InChI=1S/C28H24BBrCl2N2O7/c1-13-4-2-7-18(22(13)35)21-16-8-9-17-20(19(16)11-27(31)25(38)33(12-30)26(39)28(21,27)32)24(37)34(23(17)36)15-6-3-5-14(10-15)29(40)41/h2-8,10,17,19-21,35,40-41H,9,11-12H2,1H3. The topological polar surface area (TPSA) is 135 Å². The Labute approximate surface area is 254 Å². The predicted molar refractivity (Wildman–Crippen MR) is 155 cm³/mol. The number of aryl methyl sites for hydroxylation is 1. The zero-order chi connectivity index (χ0) is 29.6. The number of imide groups is 2. The van der Waals surface area contributed by atoms with E-state index in [0.29, 0.717) is 16.7 Å². The van der Waals surface area contributed by atoms with Crippen molar-refractivity contribution in [3.05, 3.63) is 65.2 Å². The van der Waals surface area contributed by atoms with Crippen molar-refractivity contribution in [3.8, 4) is 5.75 Å². The summed E-state index contributed by atoms with van der Waals surface area (Å²) in [5.41, 5.74) is 1.55. The van der Waals surface area contributed by atoms with Gasteiger partial charge in [0.15, 0.2) is 9.75 Å². The van der Waals surface area contributed by atoms with Gasteiger partial charge in [-0.15, -0.1) is 23.2 Å². The number of likely N-dealkylation sites (tertiary alicyclic amines) is 1. The average molecular weight is 662 g/mol. The van der Waals surface area contributed by atoms with Gasteiger partial charge in [-0.25, -0.2) is 0 Å². The van der Waals surface area contributed by atoms with Crippen molar-refractivity contribution in [2.75, 3.05) is 10.4 Å². The van der Waals surface area contributed by atoms with E-state index in [0.717, 1.165) is 9.80 Å². The summed E-state index contributed by atoms with van der Waals surface area (Å²) in [5.74, 6) is -6.01. The van der Waals surface area contributed by atoms with Crippen LogP contribution in [0.1, 0.15) is 29.9 Å². The second kappa shape index (κ2) is 9.67. The molecule has 4 aliphatic rings. The molecule has 0 spiro atoms. The van der Waals surface area contributed by atoms with E-state index >= 15 is 0 Å². The maximum absolute atomic E-state index is 14.1. The fraction of sp³-hybridized carbons (Fsp3) is 0.357. The molecule has 13 heteroatoms. The molecule has 2 aliphatic heterocycles. The number of amides is 4. The summed E-state index contributed by atoms with van der Waals surface area (Å²) < 4.78 is 0. The van der Waals surface area contributed by atoms with Gasteiger partial charge in [0.1, 0.15) is 5.75 Å². The lowest BCUT2D eigenvalue weighted by molar-refractivity contribution is -0.138. The van der Waals surface area contributed by atoms with E-state index in [1.165, 1.54) is 24.3 Å². The molecule has 2 aliphatic carbocycles. The summed E-state index contributed by atoms with van der Waals surface area (Å²) in [5, 5.41) is 30.4. The molecule has 3 N–H and O–H groups in total. The molecular formula is C28H24BBrCl2N2O7. The van der Waals surface area contributed by atoms with Gasteiger partial charge >= 0.3 is 7.12 Å².